The van der Waals surface area contributed by atoms with Crippen LogP contribution in [0.5, 0.6) is 0 Å². The van der Waals surface area contributed by atoms with Gasteiger partial charge in [0.05, 0.1) is 15.9 Å². The van der Waals surface area contributed by atoms with Gasteiger partial charge in [-0.2, -0.15) is 0 Å². The van der Waals surface area contributed by atoms with E-state index in [0.29, 0.717) is 12.8 Å². The largest absolute Gasteiger partial charge is 0.481 e. The van der Waals surface area contributed by atoms with Crippen molar-refractivity contribution in [2.45, 2.75) is 37.0 Å². The molecule has 1 amide bonds. The van der Waals surface area contributed by atoms with Gasteiger partial charge in [-0.1, -0.05) is 31.4 Å². The number of rotatable bonds is 5. The first kappa shape index (κ1) is 17.5. The summed E-state index contributed by atoms with van der Waals surface area (Å²) in [5.74, 6) is -1.47. The highest BCUT2D eigenvalue weighted by Crippen LogP contribution is 2.36. The van der Waals surface area contributed by atoms with Crippen LogP contribution in [0.1, 0.15) is 42.5 Å². The standard InChI is InChI=1S/C16H21NO5S/c1-23(21,22)13-8-4-3-7-12(13)14(18)17-11-16(15(19)20)9-5-2-6-10-16/h3-4,7-8H,2,5-6,9-11H2,1H3,(H,17,18)(H,19,20). The fraction of sp³-hybridized carbons (Fsp3) is 0.500. The number of sulfone groups is 1. The van der Waals surface area contributed by atoms with E-state index in [2.05, 4.69) is 5.32 Å². The highest BCUT2D eigenvalue weighted by Gasteiger charge is 2.40. The maximum Gasteiger partial charge on any atom is 0.311 e. The van der Waals surface area contributed by atoms with Crippen molar-refractivity contribution in [2.24, 2.45) is 5.41 Å². The molecule has 1 fully saturated rings. The van der Waals surface area contributed by atoms with Crippen molar-refractivity contribution in [3.63, 3.8) is 0 Å². The smallest absolute Gasteiger partial charge is 0.311 e. The van der Waals surface area contributed by atoms with Crippen LogP contribution in [0.2, 0.25) is 0 Å². The van der Waals surface area contributed by atoms with Crippen molar-refractivity contribution in [3.8, 4) is 0 Å². The summed E-state index contributed by atoms with van der Waals surface area (Å²) in [6.07, 6.45) is 4.73. The Hall–Kier alpha value is -1.89. The quantitative estimate of drug-likeness (QED) is 0.853. The molecule has 7 heteroatoms. The van der Waals surface area contributed by atoms with Gasteiger partial charge in [0.15, 0.2) is 9.84 Å². The van der Waals surface area contributed by atoms with Crippen molar-refractivity contribution >= 4 is 21.7 Å². The Balaban J connectivity index is 2.18. The highest BCUT2D eigenvalue weighted by atomic mass is 32.2. The second-order valence-corrected chi connectivity index (χ2v) is 8.08. The lowest BCUT2D eigenvalue weighted by molar-refractivity contribution is -0.150. The Morgan fingerprint density at radius 2 is 1.78 bits per heavy atom. The molecule has 0 radical (unpaired) electrons. The van der Waals surface area contributed by atoms with Gasteiger partial charge >= 0.3 is 5.97 Å². The van der Waals surface area contributed by atoms with Gasteiger partial charge in [-0.15, -0.1) is 0 Å². The van der Waals surface area contributed by atoms with Gasteiger partial charge in [0.25, 0.3) is 5.91 Å². The maximum atomic E-state index is 12.4. The van der Waals surface area contributed by atoms with Crippen molar-refractivity contribution in [3.05, 3.63) is 29.8 Å². The van der Waals surface area contributed by atoms with E-state index < -0.39 is 27.1 Å². The molecular formula is C16H21NO5S. The molecule has 0 unspecified atom stereocenters. The molecule has 1 aromatic rings. The Bertz CT molecular complexity index is 705. The number of carbonyl (C=O) groups is 2. The number of carboxylic acid groups (broad SMARTS) is 1. The van der Waals surface area contributed by atoms with Crippen molar-refractivity contribution in [2.75, 3.05) is 12.8 Å². The first-order valence-electron chi connectivity index (χ1n) is 7.57. The van der Waals surface area contributed by atoms with E-state index in [0.717, 1.165) is 25.5 Å². The molecule has 0 bridgehead atoms. The number of benzene rings is 1. The third kappa shape index (κ3) is 3.90. The van der Waals surface area contributed by atoms with E-state index in [1.807, 2.05) is 0 Å². The van der Waals surface area contributed by atoms with E-state index in [1.165, 1.54) is 12.1 Å². The molecule has 0 saturated heterocycles. The van der Waals surface area contributed by atoms with E-state index in [4.69, 9.17) is 0 Å². The van der Waals surface area contributed by atoms with Crippen LogP contribution in [-0.4, -0.2) is 38.2 Å². The van der Waals surface area contributed by atoms with Crippen LogP contribution in [0.25, 0.3) is 0 Å². The zero-order valence-electron chi connectivity index (χ0n) is 13.0. The van der Waals surface area contributed by atoms with Gasteiger partial charge in [-0.3, -0.25) is 9.59 Å². The van der Waals surface area contributed by atoms with Crippen LogP contribution in [0.3, 0.4) is 0 Å². The minimum absolute atomic E-state index is 0.0132. The number of hydrogen-bond acceptors (Lipinski definition) is 4. The Morgan fingerprint density at radius 3 is 2.35 bits per heavy atom. The Morgan fingerprint density at radius 1 is 1.17 bits per heavy atom. The van der Waals surface area contributed by atoms with Gasteiger partial charge in [-0.05, 0) is 25.0 Å². The van der Waals surface area contributed by atoms with Crippen molar-refractivity contribution < 1.29 is 23.1 Å². The minimum atomic E-state index is -3.53. The molecule has 0 heterocycles. The van der Waals surface area contributed by atoms with Gasteiger partial charge in [0, 0.05) is 12.8 Å². The number of aliphatic carboxylic acids is 1. The molecule has 1 aliphatic rings. The summed E-state index contributed by atoms with van der Waals surface area (Å²) in [5.41, 5.74) is -0.903. The second kappa shape index (κ2) is 6.70. The molecule has 1 aliphatic carbocycles. The minimum Gasteiger partial charge on any atom is -0.481 e. The average Bonchev–Trinajstić information content (AvgIpc) is 2.52. The van der Waals surface area contributed by atoms with Gasteiger partial charge in [-0.25, -0.2) is 8.42 Å². The van der Waals surface area contributed by atoms with Crippen LogP contribution in [0.15, 0.2) is 29.2 Å². The van der Waals surface area contributed by atoms with Crippen molar-refractivity contribution in [1.82, 2.24) is 5.32 Å². The molecule has 0 atom stereocenters. The topological polar surface area (TPSA) is 101 Å². The van der Waals surface area contributed by atoms with Gasteiger partial charge < -0.3 is 10.4 Å². The number of hydrogen-bond donors (Lipinski definition) is 2. The summed E-state index contributed by atoms with van der Waals surface area (Å²) in [7, 11) is -3.53. The van der Waals surface area contributed by atoms with Gasteiger partial charge in [0.1, 0.15) is 0 Å². The number of nitrogens with one attached hydrogen (secondary N) is 1. The van der Waals surface area contributed by atoms with Crippen LogP contribution in [-0.2, 0) is 14.6 Å². The second-order valence-electron chi connectivity index (χ2n) is 6.10. The molecule has 1 saturated carbocycles. The first-order valence-corrected chi connectivity index (χ1v) is 9.46. The maximum absolute atomic E-state index is 12.4. The lowest BCUT2D eigenvalue weighted by Gasteiger charge is -2.33. The molecule has 2 N–H and O–H groups in total. The van der Waals surface area contributed by atoms with E-state index in [1.54, 1.807) is 12.1 Å². The van der Waals surface area contributed by atoms with E-state index in [9.17, 15) is 23.1 Å². The predicted molar refractivity (Wildman–Crippen MR) is 85.0 cm³/mol. The van der Waals surface area contributed by atoms with Gasteiger partial charge in [0.2, 0.25) is 0 Å². The van der Waals surface area contributed by atoms with E-state index in [-0.39, 0.29) is 17.0 Å². The SMILES string of the molecule is CS(=O)(=O)c1ccccc1C(=O)NCC1(C(=O)O)CCCCC1. The van der Waals surface area contributed by atoms with Crippen LogP contribution >= 0.6 is 0 Å². The van der Waals surface area contributed by atoms with Crippen molar-refractivity contribution in [1.29, 1.82) is 0 Å². The number of carboxylic acids is 1. The fourth-order valence-corrected chi connectivity index (χ4v) is 3.90. The summed E-state index contributed by atoms with van der Waals surface area (Å²) in [5, 5.41) is 12.1. The number of carbonyl (C=O) groups excluding carboxylic acids is 1. The molecule has 1 aromatic carbocycles. The zero-order valence-corrected chi connectivity index (χ0v) is 13.9. The normalized spacial score (nSPS) is 17.4. The summed E-state index contributed by atoms with van der Waals surface area (Å²) in [6, 6.07) is 5.93. The van der Waals surface area contributed by atoms with Crippen LogP contribution in [0, 0.1) is 5.41 Å². The highest BCUT2D eigenvalue weighted by molar-refractivity contribution is 7.90. The molecule has 0 spiro atoms. The molecule has 6 nitrogen and oxygen atoms in total. The monoisotopic (exact) mass is 339 g/mol. The fourth-order valence-electron chi connectivity index (χ4n) is 3.02. The lowest BCUT2D eigenvalue weighted by atomic mass is 9.74. The predicted octanol–water partition coefficient (Wildman–Crippen LogP) is 1.85. The summed E-state index contributed by atoms with van der Waals surface area (Å²) < 4.78 is 23.5. The summed E-state index contributed by atoms with van der Waals surface area (Å²) in [6.45, 7) is 0.0132. The Labute approximate surface area is 135 Å². The molecular weight excluding hydrogens is 318 g/mol. The summed E-state index contributed by atoms with van der Waals surface area (Å²) >= 11 is 0. The lowest BCUT2D eigenvalue weighted by Crippen LogP contribution is -2.44. The zero-order chi connectivity index (χ0) is 17.1. The third-order valence-corrected chi connectivity index (χ3v) is 5.54. The molecule has 0 aromatic heterocycles. The van der Waals surface area contributed by atoms with E-state index >= 15 is 0 Å². The third-order valence-electron chi connectivity index (χ3n) is 4.38. The summed E-state index contributed by atoms with van der Waals surface area (Å²) in [4.78, 5) is 23.9. The molecule has 0 aliphatic heterocycles. The number of amides is 1. The average molecular weight is 339 g/mol. The Kier molecular flexibility index (Phi) is 5.09. The molecule has 2 rings (SSSR count). The van der Waals surface area contributed by atoms with Crippen LogP contribution in [0.4, 0.5) is 0 Å². The van der Waals surface area contributed by atoms with Crippen LogP contribution < -0.4 is 5.32 Å². The molecule has 23 heavy (non-hydrogen) atoms. The molecule has 126 valence electrons. The first-order chi connectivity index (χ1) is 10.8.